The van der Waals surface area contributed by atoms with Gasteiger partial charge in [-0.1, -0.05) is 24.3 Å². The number of rotatable bonds is 4. The second-order valence-electron chi connectivity index (χ2n) is 4.72. The van der Waals surface area contributed by atoms with E-state index in [2.05, 4.69) is 66.0 Å². The van der Waals surface area contributed by atoms with Crippen molar-refractivity contribution in [1.29, 1.82) is 0 Å². The van der Waals surface area contributed by atoms with Crippen LogP contribution in [0.2, 0.25) is 0 Å². The molecule has 0 fully saturated rings. The standard InChI is InChI=1S/C16H17FIN/c1-11(13-6-8-16(18)9-7-13)19-12(2)14-4-3-5-15(17)10-14/h3-12,19H,1-2H3. The van der Waals surface area contributed by atoms with E-state index >= 15 is 0 Å². The van der Waals surface area contributed by atoms with Crippen LogP contribution in [0, 0.1) is 9.39 Å². The molecule has 2 aromatic carbocycles. The Morgan fingerprint density at radius 3 is 2.21 bits per heavy atom. The van der Waals surface area contributed by atoms with E-state index in [-0.39, 0.29) is 17.9 Å². The molecule has 1 nitrogen and oxygen atoms in total. The zero-order valence-corrected chi connectivity index (χ0v) is 13.2. The lowest BCUT2D eigenvalue weighted by atomic mass is 10.0. The van der Waals surface area contributed by atoms with Crippen LogP contribution in [-0.4, -0.2) is 0 Å². The molecule has 19 heavy (non-hydrogen) atoms. The molecule has 0 heterocycles. The maximum absolute atomic E-state index is 13.2. The minimum Gasteiger partial charge on any atom is -0.304 e. The van der Waals surface area contributed by atoms with Crippen LogP contribution in [0.1, 0.15) is 37.1 Å². The van der Waals surface area contributed by atoms with Crippen molar-refractivity contribution in [2.24, 2.45) is 0 Å². The third-order valence-corrected chi connectivity index (χ3v) is 3.94. The molecule has 0 aliphatic carbocycles. The molecular formula is C16H17FIN. The first-order chi connectivity index (χ1) is 9.06. The average Bonchev–Trinajstić information content (AvgIpc) is 2.39. The number of halogens is 2. The zero-order chi connectivity index (χ0) is 13.8. The summed E-state index contributed by atoms with van der Waals surface area (Å²) < 4.78 is 14.4. The maximum Gasteiger partial charge on any atom is 0.123 e. The van der Waals surface area contributed by atoms with Gasteiger partial charge < -0.3 is 5.32 Å². The molecule has 2 atom stereocenters. The molecule has 3 heteroatoms. The first-order valence-corrected chi connectivity index (χ1v) is 7.41. The molecule has 0 bridgehead atoms. The quantitative estimate of drug-likeness (QED) is 0.761. The fourth-order valence-electron chi connectivity index (χ4n) is 2.09. The van der Waals surface area contributed by atoms with E-state index in [1.807, 2.05) is 6.07 Å². The van der Waals surface area contributed by atoms with Crippen LogP contribution in [0.25, 0.3) is 0 Å². The molecule has 100 valence electrons. The number of benzene rings is 2. The van der Waals surface area contributed by atoms with Gasteiger partial charge in [-0.15, -0.1) is 0 Å². The molecular weight excluding hydrogens is 352 g/mol. The number of hydrogen-bond donors (Lipinski definition) is 1. The molecule has 2 aromatic rings. The van der Waals surface area contributed by atoms with Gasteiger partial charge in [0.1, 0.15) is 5.82 Å². The van der Waals surface area contributed by atoms with Crippen molar-refractivity contribution >= 4 is 22.6 Å². The summed E-state index contributed by atoms with van der Waals surface area (Å²) in [5.41, 5.74) is 2.21. The molecule has 0 aliphatic rings. The fourth-order valence-corrected chi connectivity index (χ4v) is 2.45. The molecule has 2 rings (SSSR count). The highest BCUT2D eigenvalue weighted by Gasteiger charge is 2.11. The molecule has 2 unspecified atom stereocenters. The van der Waals surface area contributed by atoms with Crippen LogP contribution in [0.15, 0.2) is 48.5 Å². The van der Waals surface area contributed by atoms with Gasteiger partial charge in [0.15, 0.2) is 0 Å². The molecule has 1 N–H and O–H groups in total. The van der Waals surface area contributed by atoms with Crippen LogP contribution in [0.5, 0.6) is 0 Å². The summed E-state index contributed by atoms with van der Waals surface area (Å²) in [5.74, 6) is -0.187. The first-order valence-electron chi connectivity index (χ1n) is 6.33. The number of hydrogen-bond acceptors (Lipinski definition) is 1. The first kappa shape index (κ1) is 14.5. The van der Waals surface area contributed by atoms with Crippen molar-refractivity contribution in [2.45, 2.75) is 25.9 Å². The maximum atomic E-state index is 13.2. The van der Waals surface area contributed by atoms with Gasteiger partial charge in [-0.2, -0.15) is 0 Å². The van der Waals surface area contributed by atoms with Gasteiger partial charge in [0.25, 0.3) is 0 Å². The summed E-state index contributed by atoms with van der Waals surface area (Å²) in [6.45, 7) is 4.18. The summed E-state index contributed by atoms with van der Waals surface area (Å²) >= 11 is 2.30. The Bertz CT molecular complexity index is 539. The minimum atomic E-state index is -0.187. The fraction of sp³-hybridized carbons (Fsp3) is 0.250. The van der Waals surface area contributed by atoms with Gasteiger partial charge in [-0.3, -0.25) is 0 Å². The van der Waals surface area contributed by atoms with Crippen molar-refractivity contribution in [3.63, 3.8) is 0 Å². The van der Waals surface area contributed by atoms with E-state index < -0.39 is 0 Å². The van der Waals surface area contributed by atoms with E-state index in [1.165, 1.54) is 15.2 Å². The van der Waals surface area contributed by atoms with Crippen LogP contribution in [0.3, 0.4) is 0 Å². The smallest absolute Gasteiger partial charge is 0.123 e. The van der Waals surface area contributed by atoms with Gasteiger partial charge in [0.05, 0.1) is 0 Å². The summed E-state index contributed by atoms with van der Waals surface area (Å²) in [6, 6.07) is 15.5. The molecule has 0 aliphatic heterocycles. The van der Waals surface area contributed by atoms with Gasteiger partial charge in [0.2, 0.25) is 0 Å². The van der Waals surface area contributed by atoms with E-state index in [0.29, 0.717) is 0 Å². The molecule has 0 saturated carbocycles. The number of nitrogens with one attached hydrogen (secondary N) is 1. The Morgan fingerprint density at radius 1 is 0.947 bits per heavy atom. The molecule has 0 saturated heterocycles. The highest BCUT2D eigenvalue weighted by atomic mass is 127. The van der Waals surface area contributed by atoms with E-state index in [9.17, 15) is 4.39 Å². The molecule has 0 aromatic heterocycles. The zero-order valence-electron chi connectivity index (χ0n) is 11.0. The van der Waals surface area contributed by atoms with Gasteiger partial charge in [0, 0.05) is 15.7 Å². The van der Waals surface area contributed by atoms with Crippen LogP contribution in [0.4, 0.5) is 4.39 Å². The Balaban J connectivity index is 2.06. The lowest BCUT2D eigenvalue weighted by Gasteiger charge is -2.21. The van der Waals surface area contributed by atoms with Crippen LogP contribution < -0.4 is 5.32 Å². The molecule has 0 spiro atoms. The highest BCUT2D eigenvalue weighted by molar-refractivity contribution is 14.1. The van der Waals surface area contributed by atoms with Crippen molar-refractivity contribution < 1.29 is 4.39 Å². The monoisotopic (exact) mass is 369 g/mol. The van der Waals surface area contributed by atoms with Crippen LogP contribution in [-0.2, 0) is 0 Å². The van der Waals surface area contributed by atoms with Crippen molar-refractivity contribution in [3.8, 4) is 0 Å². The van der Waals surface area contributed by atoms with Crippen molar-refractivity contribution in [1.82, 2.24) is 5.32 Å². The van der Waals surface area contributed by atoms with Gasteiger partial charge in [-0.25, -0.2) is 4.39 Å². The normalized spacial score (nSPS) is 14.1. The van der Waals surface area contributed by atoms with Crippen LogP contribution >= 0.6 is 22.6 Å². The van der Waals surface area contributed by atoms with E-state index in [0.717, 1.165) is 5.56 Å². The third-order valence-electron chi connectivity index (χ3n) is 3.22. The highest BCUT2D eigenvalue weighted by Crippen LogP contribution is 2.20. The minimum absolute atomic E-state index is 0.116. The Morgan fingerprint density at radius 2 is 1.58 bits per heavy atom. The predicted octanol–water partition coefficient (Wildman–Crippen LogP) is 4.84. The summed E-state index contributed by atoms with van der Waals surface area (Å²) in [6.07, 6.45) is 0. The lowest BCUT2D eigenvalue weighted by Crippen LogP contribution is -2.22. The average molecular weight is 369 g/mol. The summed E-state index contributed by atoms with van der Waals surface area (Å²) in [4.78, 5) is 0. The largest absolute Gasteiger partial charge is 0.304 e. The van der Waals surface area contributed by atoms with Crippen molar-refractivity contribution in [2.75, 3.05) is 0 Å². The topological polar surface area (TPSA) is 12.0 Å². The summed E-state index contributed by atoms with van der Waals surface area (Å²) in [5, 5.41) is 3.49. The van der Waals surface area contributed by atoms with E-state index in [4.69, 9.17) is 0 Å². The predicted molar refractivity (Wildman–Crippen MR) is 85.5 cm³/mol. The van der Waals surface area contributed by atoms with E-state index in [1.54, 1.807) is 12.1 Å². The lowest BCUT2D eigenvalue weighted by molar-refractivity contribution is 0.492. The third kappa shape index (κ3) is 4.01. The Labute approximate surface area is 127 Å². The van der Waals surface area contributed by atoms with Gasteiger partial charge in [-0.05, 0) is 71.8 Å². The second kappa shape index (κ2) is 6.48. The summed E-state index contributed by atoms with van der Waals surface area (Å²) in [7, 11) is 0. The molecule has 0 radical (unpaired) electrons. The SMILES string of the molecule is CC(NC(C)c1cccc(F)c1)c1ccc(I)cc1. The van der Waals surface area contributed by atoms with Gasteiger partial charge >= 0.3 is 0 Å². The molecule has 0 amide bonds. The Kier molecular flexibility index (Phi) is 4.93. The second-order valence-corrected chi connectivity index (χ2v) is 5.96. The Hall–Kier alpha value is -0.940. The van der Waals surface area contributed by atoms with Crippen molar-refractivity contribution in [3.05, 3.63) is 69.0 Å².